The van der Waals surface area contributed by atoms with E-state index in [0.717, 1.165) is 30.5 Å². The van der Waals surface area contributed by atoms with Gasteiger partial charge >= 0.3 is 0 Å². The van der Waals surface area contributed by atoms with Crippen molar-refractivity contribution in [3.05, 3.63) is 60.6 Å². The van der Waals surface area contributed by atoms with Gasteiger partial charge in [-0.25, -0.2) is 19.0 Å². The van der Waals surface area contributed by atoms with Crippen LogP contribution in [0.3, 0.4) is 0 Å². The molecule has 184 valence electrons. The summed E-state index contributed by atoms with van der Waals surface area (Å²) >= 11 is 0. The average molecular weight is 479 g/mol. The Bertz CT molecular complexity index is 1200. The number of alkyl halides is 1. The first-order valence-corrected chi connectivity index (χ1v) is 12.2. The number of fused-ring (bicyclic) bond motifs is 1. The second kappa shape index (κ2) is 10.1. The van der Waals surface area contributed by atoms with Crippen LogP contribution >= 0.6 is 0 Å². The van der Waals surface area contributed by atoms with Gasteiger partial charge in [-0.2, -0.15) is 5.10 Å². The number of anilines is 1. The van der Waals surface area contributed by atoms with Gasteiger partial charge in [0.1, 0.15) is 18.3 Å². The molecule has 4 atom stereocenters. The lowest BCUT2D eigenvalue weighted by atomic mass is 9.83. The van der Waals surface area contributed by atoms with Gasteiger partial charge in [0.05, 0.1) is 29.8 Å². The van der Waals surface area contributed by atoms with Crippen LogP contribution in [0.15, 0.2) is 49.3 Å². The molecule has 1 aromatic carbocycles. The standard InChI is InChI=1S/C26H31FN6O2/c1-2-22(34)32-12-6-9-19(14-32)33-26-23(25(28)29-16-30-26)24(31-33)18-10-11-21(20(27)13-18)35-15-17-7-4-3-5-8-17/h2-5,7-8,16,18-21H,1,6,9-15H2,(H2,28,29,30)/t18-,19+,20?,21?/m0/s1. The number of nitrogen functional groups attached to an aromatic ring is 1. The number of rotatable bonds is 6. The van der Waals surface area contributed by atoms with Crippen molar-refractivity contribution < 1.29 is 13.9 Å². The fourth-order valence-electron chi connectivity index (χ4n) is 5.35. The van der Waals surface area contributed by atoms with E-state index in [4.69, 9.17) is 15.6 Å². The highest BCUT2D eigenvalue weighted by Gasteiger charge is 2.36. The molecule has 2 aromatic heterocycles. The number of ether oxygens (including phenoxy) is 1. The summed E-state index contributed by atoms with van der Waals surface area (Å²) in [5, 5.41) is 5.63. The molecule has 9 heteroatoms. The highest BCUT2D eigenvalue weighted by atomic mass is 19.1. The SMILES string of the molecule is C=CC(=O)N1CCC[C@@H](n2nc([C@H]3CCC(OCc4ccccc4)C(F)C3)c3c(N)ncnc32)C1. The van der Waals surface area contributed by atoms with Crippen molar-refractivity contribution in [1.82, 2.24) is 24.6 Å². The van der Waals surface area contributed by atoms with Crippen LogP contribution in [0.4, 0.5) is 10.2 Å². The maximum Gasteiger partial charge on any atom is 0.246 e. The molecular formula is C26H31FN6O2. The van der Waals surface area contributed by atoms with Crippen LogP contribution in [0.5, 0.6) is 0 Å². The number of amides is 1. The van der Waals surface area contributed by atoms with E-state index < -0.39 is 12.3 Å². The van der Waals surface area contributed by atoms with Crippen LogP contribution in [0, 0.1) is 0 Å². The van der Waals surface area contributed by atoms with E-state index in [-0.39, 0.29) is 17.9 Å². The molecule has 2 unspecified atom stereocenters. The molecule has 35 heavy (non-hydrogen) atoms. The molecule has 0 radical (unpaired) electrons. The number of benzene rings is 1. The Hall–Kier alpha value is -3.33. The van der Waals surface area contributed by atoms with Gasteiger partial charge in [-0.1, -0.05) is 36.9 Å². The minimum Gasteiger partial charge on any atom is -0.383 e. The van der Waals surface area contributed by atoms with Gasteiger partial charge in [0.15, 0.2) is 5.65 Å². The third-order valence-electron chi connectivity index (χ3n) is 7.18. The number of aromatic nitrogens is 4. The van der Waals surface area contributed by atoms with Crippen molar-refractivity contribution in [2.45, 2.75) is 62.9 Å². The van der Waals surface area contributed by atoms with Crippen LogP contribution in [0.1, 0.15) is 55.3 Å². The molecule has 1 amide bonds. The largest absolute Gasteiger partial charge is 0.383 e. The summed E-state index contributed by atoms with van der Waals surface area (Å²) in [5.41, 5.74) is 8.70. The third kappa shape index (κ3) is 4.77. The summed E-state index contributed by atoms with van der Waals surface area (Å²) in [6, 6.07) is 9.79. The number of hydrogen-bond acceptors (Lipinski definition) is 6. The van der Waals surface area contributed by atoms with E-state index in [1.54, 1.807) is 4.90 Å². The van der Waals surface area contributed by atoms with E-state index in [1.807, 2.05) is 35.0 Å². The predicted octanol–water partition coefficient (Wildman–Crippen LogP) is 3.95. The molecule has 8 nitrogen and oxygen atoms in total. The molecule has 2 fully saturated rings. The molecule has 0 spiro atoms. The van der Waals surface area contributed by atoms with Crippen molar-refractivity contribution in [1.29, 1.82) is 0 Å². The van der Waals surface area contributed by atoms with E-state index in [1.165, 1.54) is 12.4 Å². The van der Waals surface area contributed by atoms with E-state index in [0.29, 0.717) is 49.4 Å². The third-order valence-corrected chi connectivity index (χ3v) is 7.18. The minimum absolute atomic E-state index is 0.0371. The number of carbonyl (C=O) groups is 1. The molecule has 1 saturated carbocycles. The second-order valence-corrected chi connectivity index (χ2v) is 9.43. The molecule has 0 bridgehead atoms. The van der Waals surface area contributed by atoms with Crippen LogP contribution < -0.4 is 5.73 Å². The van der Waals surface area contributed by atoms with Crippen LogP contribution in [-0.4, -0.2) is 55.9 Å². The molecule has 3 heterocycles. The van der Waals surface area contributed by atoms with Crippen molar-refractivity contribution in [3.63, 3.8) is 0 Å². The Labute approximate surface area is 204 Å². The number of piperidine rings is 1. The Kier molecular flexibility index (Phi) is 6.77. The number of halogens is 1. The van der Waals surface area contributed by atoms with Crippen molar-refractivity contribution in [2.75, 3.05) is 18.8 Å². The summed E-state index contributed by atoms with van der Waals surface area (Å²) < 4.78 is 23.0. The summed E-state index contributed by atoms with van der Waals surface area (Å²) in [5.74, 6) is 0.159. The van der Waals surface area contributed by atoms with Crippen LogP contribution in [0.2, 0.25) is 0 Å². The smallest absolute Gasteiger partial charge is 0.246 e. The van der Waals surface area contributed by atoms with Crippen LogP contribution in [-0.2, 0) is 16.1 Å². The van der Waals surface area contributed by atoms with Crippen LogP contribution in [0.25, 0.3) is 11.0 Å². The summed E-state index contributed by atoms with van der Waals surface area (Å²) in [7, 11) is 0. The lowest BCUT2D eigenvalue weighted by molar-refractivity contribution is -0.127. The number of nitrogens with two attached hydrogens (primary N) is 1. The molecule has 5 rings (SSSR count). The van der Waals surface area contributed by atoms with Gasteiger partial charge in [-0.05, 0) is 43.7 Å². The Morgan fingerprint density at radius 2 is 2.06 bits per heavy atom. The normalized spacial score (nSPS) is 25.0. The van der Waals surface area contributed by atoms with Crippen molar-refractivity contribution >= 4 is 22.8 Å². The van der Waals surface area contributed by atoms with Gasteiger partial charge in [-0.15, -0.1) is 0 Å². The quantitative estimate of drug-likeness (QED) is 0.539. The number of hydrogen-bond donors (Lipinski definition) is 1. The highest BCUT2D eigenvalue weighted by Crippen LogP contribution is 2.40. The zero-order valence-corrected chi connectivity index (χ0v) is 19.7. The van der Waals surface area contributed by atoms with Gasteiger partial charge in [0, 0.05) is 19.0 Å². The maximum atomic E-state index is 15.3. The monoisotopic (exact) mass is 478 g/mol. The number of carbonyl (C=O) groups excluding carboxylic acids is 1. The molecule has 3 aromatic rings. The number of likely N-dealkylation sites (tertiary alicyclic amines) is 1. The summed E-state index contributed by atoms with van der Waals surface area (Å²) in [4.78, 5) is 22.7. The Balaban J connectivity index is 1.36. The molecule has 2 N–H and O–H groups in total. The van der Waals surface area contributed by atoms with E-state index in [9.17, 15) is 4.79 Å². The first kappa shape index (κ1) is 23.4. The van der Waals surface area contributed by atoms with Gasteiger partial charge in [-0.3, -0.25) is 4.79 Å². The summed E-state index contributed by atoms with van der Waals surface area (Å²) in [6.45, 7) is 5.23. The fraction of sp³-hybridized carbons (Fsp3) is 0.462. The zero-order chi connectivity index (χ0) is 24.4. The van der Waals surface area contributed by atoms with Crippen molar-refractivity contribution in [2.24, 2.45) is 0 Å². The lowest BCUT2D eigenvalue weighted by Crippen LogP contribution is -2.40. The van der Waals surface area contributed by atoms with E-state index in [2.05, 4.69) is 16.5 Å². The average Bonchev–Trinajstić information content (AvgIpc) is 3.29. The number of nitrogens with zero attached hydrogens (tertiary/aromatic N) is 5. The Morgan fingerprint density at radius 3 is 2.83 bits per heavy atom. The first-order valence-electron chi connectivity index (χ1n) is 12.2. The molecule has 1 aliphatic carbocycles. The summed E-state index contributed by atoms with van der Waals surface area (Å²) in [6.07, 6.45) is 4.62. The second-order valence-electron chi connectivity index (χ2n) is 9.43. The molecular weight excluding hydrogens is 447 g/mol. The first-order chi connectivity index (χ1) is 17.0. The maximum absolute atomic E-state index is 15.3. The van der Waals surface area contributed by atoms with Gasteiger partial charge in [0.25, 0.3) is 0 Å². The van der Waals surface area contributed by atoms with Gasteiger partial charge in [0.2, 0.25) is 5.91 Å². The molecule has 2 aliphatic rings. The molecule has 1 aliphatic heterocycles. The van der Waals surface area contributed by atoms with Gasteiger partial charge < -0.3 is 15.4 Å². The minimum atomic E-state index is -1.10. The Morgan fingerprint density at radius 1 is 1.23 bits per heavy atom. The van der Waals surface area contributed by atoms with Crippen molar-refractivity contribution in [3.8, 4) is 0 Å². The zero-order valence-electron chi connectivity index (χ0n) is 19.7. The highest BCUT2D eigenvalue weighted by molar-refractivity contribution is 5.89. The lowest BCUT2D eigenvalue weighted by Gasteiger charge is -2.32. The fourth-order valence-corrected chi connectivity index (χ4v) is 5.35. The predicted molar refractivity (Wildman–Crippen MR) is 131 cm³/mol. The molecule has 1 saturated heterocycles. The topological polar surface area (TPSA) is 99.2 Å². The van der Waals surface area contributed by atoms with E-state index >= 15 is 4.39 Å².